The molecule has 10 heteroatoms. The van der Waals surface area contributed by atoms with Crippen molar-refractivity contribution in [3.8, 4) is 0 Å². The fraction of sp³-hybridized carbons (Fsp3) is 0.286. The number of carboxylic acid groups (broad SMARTS) is 1. The van der Waals surface area contributed by atoms with E-state index >= 15 is 0 Å². The van der Waals surface area contributed by atoms with Gasteiger partial charge in [0.05, 0.1) is 0 Å². The topological polar surface area (TPSA) is 106 Å². The molecule has 0 radical (unpaired) electrons. The van der Waals surface area contributed by atoms with E-state index in [4.69, 9.17) is 5.11 Å². The Bertz CT molecular complexity index is 861. The Labute approximate surface area is 134 Å². The molecule has 0 atom stereocenters. The molecule has 128 valence electrons. The smallest absolute Gasteiger partial charge is 0.350 e. The van der Waals surface area contributed by atoms with Crippen LogP contribution in [0.5, 0.6) is 0 Å². The standard InChI is InChI=1S/C14H14F2N4O4/c1-9-6-11(21)20(13(24)19(9)7-12(22)23)18-8-14(15,16)10-4-2-3-5-17-10/h2-6,18H,7-8H2,1H3,(H,22,23). The predicted octanol–water partition coefficient (Wildman–Crippen LogP) is 0.134. The van der Waals surface area contributed by atoms with Crippen LogP contribution in [0.4, 0.5) is 8.78 Å². The summed E-state index contributed by atoms with van der Waals surface area (Å²) in [5.41, 5.74) is -0.270. The summed E-state index contributed by atoms with van der Waals surface area (Å²) in [5, 5.41) is 8.79. The number of nitrogens with zero attached hydrogens (tertiary/aromatic N) is 3. The fourth-order valence-electron chi connectivity index (χ4n) is 2.01. The maximum absolute atomic E-state index is 14.1. The van der Waals surface area contributed by atoms with Crippen LogP contribution in [0.1, 0.15) is 11.4 Å². The van der Waals surface area contributed by atoms with Crippen molar-refractivity contribution in [2.24, 2.45) is 0 Å². The second kappa shape index (κ2) is 6.60. The molecule has 2 aromatic heterocycles. The third kappa shape index (κ3) is 3.65. The van der Waals surface area contributed by atoms with E-state index in [0.717, 1.165) is 16.7 Å². The second-order valence-corrected chi connectivity index (χ2v) is 4.98. The molecule has 0 aliphatic carbocycles. The third-order valence-corrected chi connectivity index (χ3v) is 3.19. The van der Waals surface area contributed by atoms with Gasteiger partial charge in [-0.1, -0.05) is 6.07 Å². The Kier molecular flexibility index (Phi) is 4.77. The SMILES string of the molecule is Cc1cc(=O)n(NCC(F)(F)c2ccccn2)c(=O)n1CC(=O)O. The number of pyridine rings is 1. The van der Waals surface area contributed by atoms with E-state index in [0.29, 0.717) is 4.68 Å². The number of rotatable bonds is 6. The van der Waals surface area contributed by atoms with Crippen LogP contribution in [-0.2, 0) is 17.3 Å². The Morgan fingerprint density at radius 3 is 2.67 bits per heavy atom. The van der Waals surface area contributed by atoms with E-state index in [1.807, 2.05) is 5.43 Å². The summed E-state index contributed by atoms with van der Waals surface area (Å²) in [5.74, 6) is -4.74. The van der Waals surface area contributed by atoms with E-state index in [2.05, 4.69) is 4.98 Å². The Balaban J connectivity index is 2.32. The van der Waals surface area contributed by atoms with E-state index in [-0.39, 0.29) is 5.69 Å². The first-order valence-corrected chi connectivity index (χ1v) is 6.81. The Morgan fingerprint density at radius 2 is 2.08 bits per heavy atom. The second-order valence-electron chi connectivity index (χ2n) is 4.98. The van der Waals surface area contributed by atoms with E-state index < -0.39 is 41.9 Å². The molecular formula is C14H14F2N4O4. The van der Waals surface area contributed by atoms with E-state index in [9.17, 15) is 23.2 Å². The highest BCUT2D eigenvalue weighted by Gasteiger charge is 2.33. The highest BCUT2D eigenvalue weighted by molar-refractivity contribution is 5.66. The summed E-state index contributed by atoms with van der Waals surface area (Å²) in [7, 11) is 0. The molecule has 0 fully saturated rings. The molecule has 0 saturated heterocycles. The molecule has 2 N–H and O–H groups in total. The molecule has 2 rings (SSSR count). The summed E-state index contributed by atoms with van der Waals surface area (Å²) in [4.78, 5) is 38.3. The van der Waals surface area contributed by atoms with Gasteiger partial charge in [-0.25, -0.2) is 4.79 Å². The van der Waals surface area contributed by atoms with Gasteiger partial charge in [0.1, 0.15) is 18.8 Å². The predicted molar refractivity (Wildman–Crippen MR) is 79.7 cm³/mol. The molecule has 0 aliphatic heterocycles. The number of halogens is 2. The fourth-order valence-corrected chi connectivity index (χ4v) is 2.01. The van der Waals surface area contributed by atoms with Gasteiger partial charge in [0.25, 0.3) is 5.56 Å². The number of carboxylic acids is 1. The molecule has 0 saturated carbocycles. The summed E-state index contributed by atoms with van der Waals surface area (Å²) < 4.78 is 29.2. The van der Waals surface area contributed by atoms with Crippen molar-refractivity contribution >= 4 is 5.97 Å². The van der Waals surface area contributed by atoms with Crippen LogP contribution < -0.4 is 16.7 Å². The molecule has 0 aliphatic rings. The van der Waals surface area contributed by atoms with Crippen LogP contribution in [0.2, 0.25) is 0 Å². The van der Waals surface area contributed by atoms with Gasteiger partial charge in [-0.15, -0.1) is 0 Å². The molecule has 0 bridgehead atoms. The minimum atomic E-state index is -3.43. The Morgan fingerprint density at radius 1 is 1.38 bits per heavy atom. The molecule has 0 amide bonds. The minimum Gasteiger partial charge on any atom is -0.480 e. The highest BCUT2D eigenvalue weighted by Crippen LogP contribution is 2.24. The van der Waals surface area contributed by atoms with Gasteiger partial charge < -0.3 is 10.5 Å². The number of hydrogen-bond donors (Lipinski definition) is 2. The van der Waals surface area contributed by atoms with Gasteiger partial charge >= 0.3 is 17.6 Å². The van der Waals surface area contributed by atoms with Crippen LogP contribution in [0, 0.1) is 6.92 Å². The number of alkyl halides is 2. The van der Waals surface area contributed by atoms with Gasteiger partial charge in [0.15, 0.2) is 0 Å². The molecule has 0 spiro atoms. The van der Waals surface area contributed by atoms with E-state index in [1.165, 1.54) is 25.3 Å². The molecular weight excluding hydrogens is 326 g/mol. The number of aryl methyl sites for hydroxylation is 1. The summed E-state index contributed by atoms with van der Waals surface area (Å²) >= 11 is 0. The monoisotopic (exact) mass is 340 g/mol. The maximum Gasteiger partial charge on any atom is 0.350 e. The third-order valence-electron chi connectivity index (χ3n) is 3.19. The zero-order valence-electron chi connectivity index (χ0n) is 12.6. The quantitative estimate of drug-likeness (QED) is 0.774. The number of aliphatic carboxylic acids is 1. The first-order valence-electron chi connectivity index (χ1n) is 6.81. The van der Waals surface area contributed by atoms with Crippen LogP contribution in [0.3, 0.4) is 0 Å². The normalized spacial score (nSPS) is 11.3. The zero-order valence-corrected chi connectivity index (χ0v) is 12.6. The average Bonchev–Trinajstić information content (AvgIpc) is 2.51. The van der Waals surface area contributed by atoms with Crippen molar-refractivity contribution in [1.29, 1.82) is 0 Å². The number of hydrogen-bond acceptors (Lipinski definition) is 5. The summed E-state index contributed by atoms with van der Waals surface area (Å²) in [6, 6.07) is 4.95. The van der Waals surface area contributed by atoms with Gasteiger partial charge in [-0.3, -0.25) is 19.1 Å². The van der Waals surface area contributed by atoms with E-state index in [1.54, 1.807) is 0 Å². The minimum absolute atomic E-state index is 0.113. The maximum atomic E-state index is 14.1. The number of carbonyl (C=O) groups is 1. The zero-order chi connectivity index (χ0) is 17.9. The van der Waals surface area contributed by atoms with Crippen molar-refractivity contribution in [3.05, 3.63) is 62.7 Å². The van der Waals surface area contributed by atoms with Crippen molar-refractivity contribution in [1.82, 2.24) is 14.2 Å². The van der Waals surface area contributed by atoms with Crippen LogP contribution in [0.25, 0.3) is 0 Å². The first-order chi connectivity index (χ1) is 11.2. The van der Waals surface area contributed by atoms with Gasteiger partial charge in [-0.2, -0.15) is 13.5 Å². The number of aromatic nitrogens is 3. The molecule has 8 nitrogen and oxygen atoms in total. The summed E-state index contributed by atoms with van der Waals surface area (Å²) in [6.07, 6.45) is 1.20. The highest BCUT2D eigenvalue weighted by atomic mass is 19.3. The Hall–Kier alpha value is -3.04. The van der Waals surface area contributed by atoms with Crippen molar-refractivity contribution in [2.45, 2.75) is 19.4 Å². The van der Waals surface area contributed by atoms with Crippen molar-refractivity contribution in [3.63, 3.8) is 0 Å². The lowest BCUT2D eigenvalue weighted by atomic mass is 10.2. The van der Waals surface area contributed by atoms with Crippen molar-refractivity contribution in [2.75, 3.05) is 12.0 Å². The van der Waals surface area contributed by atoms with Crippen LogP contribution in [-0.4, -0.2) is 31.8 Å². The molecule has 2 aromatic rings. The van der Waals surface area contributed by atoms with Gasteiger partial charge in [0.2, 0.25) is 0 Å². The average molecular weight is 340 g/mol. The molecule has 0 unspecified atom stereocenters. The lowest BCUT2D eigenvalue weighted by Crippen LogP contribution is -2.48. The van der Waals surface area contributed by atoms with Crippen LogP contribution >= 0.6 is 0 Å². The molecule has 0 aromatic carbocycles. The lowest BCUT2D eigenvalue weighted by Gasteiger charge is -2.18. The molecule has 2 heterocycles. The first kappa shape index (κ1) is 17.3. The van der Waals surface area contributed by atoms with Gasteiger partial charge in [0, 0.05) is 18.0 Å². The van der Waals surface area contributed by atoms with Gasteiger partial charge in [-0.05, 0) is 19.1 Å². The number of nitrogens with one attached hydrogen (secondary N) is 1. The molecule has 24 heavy (non-hydrogen) atoms. The largest absolute Gasteiger partial charge is 0.480 e. The van der Waals surface area contributed by atoms with Crippen LogP contribution in [0.15, 0.2) is 40.1 Å². The summed E-state index contributed by atoms with van der Waals surface area (Å²) in [6.45, 7) is -0.378. The lowest BCUT2D eigenvalue weighted by molar-refractivity contribution is -0.137. The van der Waals surface area contributed by atoms with Crippen molar-refractivity contribution < 1.29 is 18.7 Å².